The van der Waals surface area contributed by atoms with Gasteiger partial charge in [-0.05, 0) is 30.7 Å². The Hall–Kier alpha value is -1.87. The number of aromatic nitrogens is 1. The van der Waals surface area contributed by atoms with E-state index in [-0.39, 0.29) is 0 Å². The van der Waals surface area contributed by atoms with Gasteiger partial charge in [0.15, 0.2) is 0 Å². The Bertz CT molecular complexity index is 497. The summed E-state index contributed by atoms with van der Waals surface area (Å²) in [6.45, 7) is 3.46. The molecule has 0 atom stereocenters. The Labute approximate surface area is 108 Å². The number of rotatable bonds is 5. The lowest BCUT2D eigenvalue weighted by Crippen LogP contribution is -2.07. The molecule has 2 aromatic rings. The van der Waals surface area contributed by atoms with Gasteiger partial charge in [0.1, 0.15) is 6.61 Å². The molecule has 0 fully saturated rings. The predicted molar refractivity (Wildman–Crippen MR) is 72.5 cm³/mol. The SMILES string of the molecule is CNCc1cnc(OCc2ccccc2)cc1C. The van der Waals surface area contributed by atoms with Crippen LogP contribution in [0, 0.1) is 6.92 Å². The van der Waals surface area contributed by atoms with Gasteiger partial charge in [-0.2, -0.15) is 0 Å². The molecular formula is C15H18N2O. The van der Waals surface area contributed by atoms with Crippen LogP contribution in [0.3, 0.4) is 0 Å². The van der Waals surface area contributed by atoms with Crippen molar-refractivity contribution in [2.75, 3.05) is 7.05 Å². The molecule has 1 heterocycles. The van der Waals surface area contributed by atoms with E-state index in [4.69, 9.17) is 4.74 Å². The van der Waals surface area contributed by atoms with E-state index in [0.29, 0.717) is 12.5 Å². The smallest absolute Gasteiger partial charge is 0.213 e. The molecule has 0 bridgehead atoms. The molecular weight excluding hydrogens is 224 g/mol. The highest BCUT2D eigenvalue weighted by Gasteiger charge is 2.02. The van der Waals surface area contributed by atoms with E-state index in [1.54, 1.807) is 0 Å². The maximum atomic E-state index is 5.67. The largest absolute Gasteiger partial charge is 0.473 e. The van der Waals surface area contributed by atoms with Gasteiger partial charge in [-0.3, -0.25) is 0 Å². The van der Waals surface area contributed by atoms with Crippen LogP contribution in [-0.2, 0) is 13.2 Å². The quantitative estimate of drug-likeness (QED) is 0.875. The van der Waals surface area contributed by atoms with Crippen LogP contribution < -0.4 is 10.1 Å². The van der Waals surface area contributed by atoms with E-state index in [1.165, 1.54) is 11.1 Å². The lowest BCUT2D eigenvalue weighted by atomic mass is 10.1. The van der Waals surface area contributed by atoms with E-state index in [2.05, 4.69) is 17.2 Å². The molecule has 18 heavy (non-hydrogen) atoms. The second-order valence-electron chi connectivity index (χ2n) is 4.25. The summed E-state index contributed by atoms with van der Waals surface area (Å²) in [5, 5.41) is 3.12. The van der Waals surface area contributed by atoms with E-state index in [1.807, 2.05) is 49.6 Å². The van der Waals surface area contributed by atoms with Crippen LogP contribution in [-0.4, -0.2) is 12.0 Å². The molecule has 1 aromatic carbocycles. The van der Waals surface area contributed by atoms with Crippen molar-refractivity contribution in [2.45, 2.75) is 20.1 Å². The summed E-state index contributed by atoms with van der Waals surface area (Å²) in [4.78, 5) is 4.31. The number of ether oxygens (including phenoxy) is 1. The summed E-state index contributed by atoms with van der Waals surface area (Å²) in [5.41, 5.74) is 3.54. The van der Waals surface area contributed by atoms with Gasteiger partial charge >= 0.3 is 0 Å². The summed E-state index contributed by atoms with van der Waals surface area (Å²) in [7, 11) is 1.93. The van der Waals surface area contributed by atoms with Crippen molar-refractivity contribution < 1.29 is 4.74 Å². The fraction of sp³-hybridized carbons (Fsp3) is 0.267. The molecule has 2 rings (SSSR count). The molecule has 0 spiro atoms. The van der Waals surface area contributed by atoms with Crippen LogP contribution in [0.5, 0.6) is 5.88 Å². The zero-order valence-corrected chi connectivity index (χ0v) is 10.8. The first-order valence-corrected chi connectivity index (χ1v) is 6.06. The van der Waals surface area contributed by atoms with Crippen molar-refractivity contribution in [2.24, 2.45) is 0 Å². The summed E-state index contributed by atoms with van der Waals surface area (Å²) in [5.74, 6) is 0.677. The van der Waals surface area contributed by atoms with Crippen molar-refractivity contribution in [1.82, 2.24) is 10.3 Å². The summed E-state index contributed by atoms with van der Waals surface area (Å²) in [6, 6.07) is 12.1. The van der Waals surface area contributed by atoms with Crippen molar-refractivity contribution in [3.63, 3.8) is 0 Å². The average Bonchev–Trinajstić information content (AvgIpc) is 2.41. The van der Waals surface area contributed by atoms with Crippen LogP contribution >= 0.6 is 0 Å². The molecule has 0 saturated carbocycles. The topological polar surface area (TPSA) is 34.2 Å². The number of nitrogens with zero attached hydrogens (tertiary/aromatic N) is 1. The molecule has 94 valence electrons. The number of hydrogen-bond acceptors (Lipinski definition) is 3. The van der Waals surface area contributed by atoms with Crippen LogP contribution in [0.2, 0.25) is 0 Å². The molecule has 1 aromatic heterocycles. The van der Waals surface area contributed by atoms with Gasteiger partial charge in [-0.1, -0.05) is 30.3 Å². The van der Waals surface area contributed by atoms with Gasteiger partial charge in [-0.25, -0.2) is 4.98 Å². The Morgan fingerprint density at radius 3 is 2.67 bits per heavy atom. The van der Waals surface area contributed by atoms with Gasteiger partial charge < -0.3 is 10.1 Å². The fourth-order valence-corrected chi connectivity index (χ4v) is 1.74. The first-order valence-electron chi connectivity index (χ1n) is 6.06. The van der Waals surface area contributed by atoms with Crippen LogP contribution in [0.15, 0.2) is 42.6 Å². The third-order valence-electron chi connectivity index (χ3n) is 2.79. The van der Waals surface area contributed by atoms with Crippen molar-refractivity contribution in [3.05, 3.63) is 59.3 Å². The lowest BCUT2D eigenvalue weighted by molar-refractivity contribution is 0.293. The zero-order chi connectivity index (χ0) is 12.8. The van der Waals surface area contributed by atoms with E-state index in [9.17, 15) is 0 Å². The van der Waals surface area contributed by atoms with Gasteiger partial charge in [0.05, 0.1) is 0 Å². The van der Waals surface area contributed by atoms with Gasteiger partial charge in [0.2, 0.25) is 5.88 Å². The Kier molecular flexibility index (Phi) is 4.31. The molecule has 0 aliphatic carbocycles. The molecule has 1 N–H and O–H groups in total. The Balaban J connectivity index is 2.00. The summed E-state index contributed by atoms with van der Waals surface area (Å²) in [6.07, 6.45) is 1.87. The number of hydrogen-bond donors (Lipinski definition) is 1. The van der Waals surface area contributed by atoms with Crippen molar-refractivity contribution >= 4 is 0 Å². The predicted octanol–water partition coefficient (Wildman–Crippen LogP) is 2.69. The second-order valence-corrected chi connectivity index (χ2v) is 4.25. The number of benzene rings is 1. The number of nitrogens with one attached hydrogen (secondary N) is 1. The van der Waals surface area contributed by atoms with Crippen LogP contribution in [0.25, 0.3) is 0 Å². The van der Waals surface area contributed by atoms with E-state index < -0.39 is 0 Å². The molecule has 0 unspecified atom stereocenters. The van der Waals surface area contributed by atoms with E-state index in [0.717, 1.165) is 12.1 Å². The molecule has 3 heteroatoms. The van der Waals surface area contributed by atoms with Crippen LogP contribution in [0.4, 0.5) is 0 Å². The summed E-state index contributed by atoms with van der Waals surface area (Å²) >= 11 is 0. The zero-order valence-electron chi connectivity index (χ0n) is 10.8. The third kappa shape index (κ3) is 3.31. The highest BCUT2D eigenvalue weighted by molar-refractivity contribution is 5.28. The maximum absolute atomic E-state index is 5.67. The first kappa shape index (κ1) is 12.6. The Morgan fingerprint density at radius 2 is 2.00 bits per heavy atom. The highest BCUT2D eigenvalue weighted by Crippen LogP contribution is 2.15. The highest BCUT2D eigenvalue weighted by atomic mass is 16.5. The lowest BCUT2D eigenvalue weighted by Gasteiger charge is -2.09. The second kappa shape index (κ2) is 6.17. The monoisotopic (exact) mass is 242 g/mol. The standard InChI is InChI=1S/C15H18N2O/c1-12-8-15(17-10-14(12)9-16-2)18-11-13-6-4-3-5-7-13/h3-8,10,16H,9,11H2,1-2H3. The van der Waals surface area contributed by atoms with E-state index >= 15 is 0 Å². The van der Waals surface area contributed by atoms with Gasteiger partial charge in [0.25, 0.3) is 0 Å². The minimum absolute atomic E-state index is 0.554. The number of pyridine rings is 1. The number of aryl methyl sites for hydroxylation is 1. The first-order chi connectivity index (χ1) is 8.79. The van der Waals surface area contributed by atoms with Crippen LogP contribution in [0.1, 0.15) is 16.7 Å². The average molecular weight is 242 g/mol. The minimum atomic E-state index is 0.554. The molecule has 0 aliphatic heterocycles. The third-order valence-corrected chi connectivity index (χ3v) is 2.79. The molecule has 0 radical (unpaired) electrons. The Morgan fingerprint density at radius 1 is 1.22 bits per heavy atom. The normalized spacial score (nSPS) is 10.3. The fourth-order valence-electron chi connectivity index (χ4n) is 1.74. The molecule has 0 aliphatic rings. The van der Waals surface area contributed by atoms with Crippen molar-refractivity contribution in [1.29, 1.82) is 0 Å². The molecule has 3 nitrogen and oxygen atoms in total. The summed E-state index contributed by atoms with van der Waals surface area (Å²) < 4.78 is 5.67. The van der Waals surface area contributed by atoms with Gasteiger partial charge in [0, 0.05) is 18.8 Å². The maximum Gasteiger partial charge on any atom is 0.213 e. The molecule has 0 saturated heterocycles. The van der Waals surface area contributed by atoms with Crippen molar-refractivity contribution in [3.8, 4) is 5.88 Å². The molecule has 0 amide bonds. The van der Waals surface area contributed by atoms with Gasteiger partial charge in [-0.15, -0.1) is 0 Å². The minimum Gasteiger partial charge on any atom is -0.473 e.